The van der Waals surface area contributed by atoms with Crippen molar-refractivity contribution in [1.29, 1.82) is 0 Å². The van der Waals surface area contributed by atoms with Crippen LogP contribution in [0.4, 0.5) is 5.69 Å². The van der Waals surface area contributed by atoms with Crippen LogP contribution in [0, 0.1) is 17.8 Å². The summed E-state index contributed by atoms with van der Waals surface area (Å²) in [5.41, 5.74) is 3.03. The van der Waals surface area contributed by atoms with Crippen molar-refractivity contribution >= 4 is 23.3 Å². The van der Waals surface area contributed by atoms with Crippen molar-refractivity contribution in [2.75, 3.05) is 5.32 Å². The number of ketones is 1. The molecule has 250 valence electrons. The molecule has 48 heavy (non-hydrogen) atoms. The van der Waals surface area contributed by atoms with Crippen LogP contribution in [0.3, 0.4) is 0 Å². The molecule has 12 nitrogen and oxygen atoms in total. The Balaban J connectivity index is 1.45. The molecular weight excluding hydrogens is 616 g/mol. The highest BCUT2D eigenvalue weighted by atomic mass is 16.5. The number of aliphatic hydroxyl groups excluding tert-OH is 1. The molecule has 0 fully saturated rings. The number of Topliss-reactive ketones (excluding diaryl/α,β-unsaturated/α-hetero) is 1. The third kappa shape index (κ3) is 5.15. The fourth-order valence-corrected chi connectivity index (χ4v) is 6.96. The van der Waals surface area contributed by atoms with Crippen LogP contribution in [0.25, 0.3) is 11.6 Å². The Morgan fingerprint density at radius 1 is 1.08 bits per heavy atom. The van der Waals surface area contributed by atoms with E-state index in [0.29, 0.717) is 22.9 Å². The van der Waals surface area contributed by atoms with Gasteiger partial charge in [0.15, 0.2) is 23.5 Å². The summed E-state index contributed by atoms with van der Waals surface area (Å²) < 4.78 is 24.5. The van der Waals surface area contributed by atoms with E-state index in [1.807, 2.05) is 56.3 Å². The molecule has 5 heterocycles. The zero-order valence-electron chi connectivity index (χ0n) is 27.4. The standard InChI is InChI=1S/C36H38N4O8/c1-17(2)28-34-40-29(33-37-22(16-46-33)15-45-19(5)41)31(48-34)36-23-8-6-7-9-25(23)38-35(36)47-27-11-10-20(13-24(27)36)12-21(32(44)39-28)14-26(42)30(43)18(3)4/h6-11,13,16-18,21,28,30,35,38,43H,12,14-15H2,1-5H3,(H,39,44)/t21-,28+,30+,35+,36?/m1/s1. The van der Waals surface area contributed by atoms with Crippen molar-refractivity contribution in [2.24, 2.45) is 17.8 Å². The van der Waals surface area contributed by atoms with Gasteiger partial charge in [-0.1, -0.05) is 58.0 Å². The zero-order valence-corrected chi connectivity index (χ0v) is 27.4. The van der Waals surface area contributed by atoms with Crippen LogP contribution in [0.5, 0.6) is 5.75 Å². The van der Waals surface area contributed by atoms with Crippen LogP contribution in [-0.4, -0.2) is 45.1 Å². The number of anilines is 1. The number of nitrogens with one attached hydrogen (secondary N) is 2. The lowest BCUT2D eigenvalue weighted by molar-refractivity contribution is -0.142. The molecule has 1 amide bonds. The summed E-state index contributed by atoms with van der Waals surface area (Å²) in [5.74, 6) is -0.976. The molecule has 4 aromatic rings. The first-order chi connectivity index (χ1) is 23.0. The first-order valence-electron chi connectivity index (χ1n) is 16.2. The molecule has 0 aliphatic carbocycles. The van der Waals surface area contributed by atoms with E-state index in [0.717, 1.165) is 22.4 Å². The summed E-state index contributed by atoms with van der Waals surface area (Å²) in [4.78, 5) is 48.3. The number of esters is 1. The summed E-state index contributed by atoms with van der Waals surface area (Å²) >= 11 is 0. The fourth-order valence-electron chi connectivity index (χ4n) is 6.96. The summed E-state index contributed by atoms with van der Waals surface area (Å²) in [7, 11) is 0. The first kappa shape index (κ1) is 31.6. The quantitative estimate of drug-likeness (QED) is 0.223. The minimum atomic E-state index is -1.18. The molecule has 3 aliphatic heterocycles. The number of oxazole rings is 2. The molecule has 0 saturated heterocycles. The molecule has 3 N–H and O–H groups in total. The number of fused-ring (bicyclic) bond motifs is 4. The number of aliphatic hydroxyl groups is 1. The summed E-state index contributed by atoms with van der Waals surface area (Å²) in [6.07, 6.45) is -0.266. The van der Waals surface area contributed by atoms with E-state index >= 15 is 0 Å². The van der Waals surface area contributed by atoms with Gasteiger partial charge in [-0.2, -0.15) is 0 Å². The molecule has 0 saturated carbocycles. The van der Waals surface area contributed by atoms with Gasteiger partial charge in [-0.05, 0) is 41.5 Å². The summed E-state index contributed by atoms with van der Waals surface area (Å²) in [5, 5.41) is 17.2. The van der Waals surface area contributed by atoms with Crippen molar-refractivity contribution in [3.8, 4) is 17.3 Å². The molecule has 3 aliphatic rings. The Hall–Kier alpha value is -4.97. The molecule has 12 heteroatoms. The topological polar surface area (TPSA) is 166 Å². The van der Waals surface area contributed by atoms with Crippen LogP contribution in [0.1, 0.15) is 81.1 Å². The van der Waals surface area contributed by atoms with Gasteiger partial charge in [0.1, 0.15) is 41.9 Å². The smallest absolute Gasteiger partial charge is 0.303 e. The minimum Gasteiger partial charge on any atom is -0.469 e. The lowest BCUT2D eigenvalue weighted by Crippen LogP contribution is -2.41. The van der Waals surface area contributed by atoms with Crippen molar-refractivity contribution in [1.82, 2.24) is 15.3 Å². The normalized spacial score (nSPS) is 22.9. The predicted molar refractivity (Wildman–Crippen MR) is 172 cm³/mol. The second-order valence-corrected chi connectivity index (χ2v) is 13.5. The monoisotopic (exact) mass is 654 g/mol. The lowest BCUT2D eigenvalue weighted by Gasteiger charge is -2.28. The molecule has 5 atom stereocenters. The SMILES string of the molecule is CC(=O)OCc1coc(-c2nc3oc2C24c5ccccc5N[C@H]2Oc2ccc(cc24)C[C@H](CC(=O)[C@@H](O)C(C)C)C(=O)N[C@H]3C(C)C)n1. The number of benzene rings is 2. The largest absolute Gasteiger partial charge is 0.469 e. The van der Waals surface area contributed by atoms with E-state index in [-0.39, 0.29) is 54.8 Å². The van der Waals surface area contributed by atoms with E-state index in [9.17, 15) is 19.5 Å². The van der Waals surface area contributed by atoms with Crippen LogP contribution >= 0.6 is 0 Å². The van der Waals surface area contributed by atoms with Crippen molar-refractivity contribution in [3.63, 3.8) is 0 Å². The Bertz CT molecular complexity index is 1910. The van der Waals surface area contributed by atoms with Crippen LogP contribution in [0.15, 0.2) is 57.6 Å². The van der Waals surface area contributed by atoms with E-state index < -0.39 is 35.7 Å². The van der Waals surface area contributed by atoms with Gasteiger partial charge in [-0.25, -0.2) is 9.97 Å². The lowest BCUT2D eigenvalue weighted by atomic mass is 9.72. The number of para-hydroxylation sites is 1. The number of aromatic nitrogens is 2. The molecule has 1 unspecified atom stereocenters. The van der Waals surface area contributed by atoms with Gasteiger partial charge in [-0.15, -0.1) is 0 Å². The molecule has 2 aromatic heterocycles. The minimum absolute atomic E-state index is 0.0807. The van der Waals surface area contributed by atoms with E-state index in [1.165, 1.54) is 13.2 Å². The highest BCUT2D eigenvalue weighted by molar-refractivity contribution is 5.89. The predicted octanol–water partition coefficient (Wildman–Crippen LogP) is 4.83. The van der Waals surface area contributed by atoms with E-state index in [1.54, 1.807) is 13.8 Å². The Kier molecular flexibility index (Phi) is 7.86. The summed E-state index contributed by atoms with van der Waals surface area (Å²) in [6, 6.07) is 13.0. The molecule has 4 bridgehead atoms. The third-order valence-electron chi connectivity index (χ3n) is 9.42. The van der Waals surface area contributed by atoms with E-state index in [4.69, 9.17) is 23.3 Å². The number of hydrogen-bond donors (Lipinski definition) is 3. The average Bonchev–Trinajstić information content (AvgIpc) is 3.82. The highest BCUT2D eigenvalue weighted by Gasteiger charge is 2.61. The maximum Gasteiger partial charge on any atom is 0.303 e. The Morgan fingerprint density at radius 2 is 1.88 bits per heavy atom. The van der Waals surface area contributed by atoms with Gasteiger partial charge in [0.2, 0.25) is 17.7 Å². The Morgan fingerprint density at radius 3 is 2.62 bits per heavy atom. The summed E-state index contributed by atoms with van der Waals surface area (Å²) in [6.45, 7) is 8.66. The van der Waals surface area contributed by atoms with Crippen molar-refractivity contribution in [3.05, 3.63) is 82.8 Å². The van der Waals surface area contributed by atoms with Gasteiger partial charge < -0.3 is 34.0 Å². The number of rotatable bonds is 8. The molecular formula is C36H38N4O8. The molecule has 2 aromatic carbocycles. The second kappa shape index (κ2) is 11.9. The maximum absolute atomic E-state index is 14.0. The number of ether oxygens (including phenoxy) is 2. The molecule has 1 spiro atoms. The van der Waals surface area contributed by atoms with Gasteiger partial charge >= 0.3 is 5.97 Å². The van der Waals surface area contributed by atoms with Gasteiger partial charge in [0, 0.05) is 30.5 Å². The number of hydrogen-bond acceptors (Lipinski definition) is 11. The van der Waals surface area contributed by atoms with Gasteiger partial charge in [0.05, 0.1) is 0 Å². The van der Waals surface area contributed by atoms with Crippen molar-refractivity contribution in [2.45, 2.75) is 77.9 Å². The average molecular weight is 655 g/mol. The van der Waals surface area contributed by atoms with Gasteiger partial charge in [0.25, 0.3) is 0 Å². The Labute approximate surface area is 277 Å². The van der Waals surface area contributed by atoms with Crippen LogP contribution < -0.4 is 15.4 Å². The first-order valence-corrected chi connectivity index (χ1v) is 16.2. The second-order valence-electron chi connectivity index (χ2n) is 13.5. The molecule has 0 radical (unpaired) electrons. The zero-order chi connectivity index (χ0) is 33.9. The van der Waals surface area contributed by atoms with E-state index in [2.05, 4.69) is 15.6 Å². The van der Waals surface area contributed by atoms with Crippen LogP contribution in [-0.2, 0) is 37.6 Å². The maximum atomic E-state index is 14.0. The highest BCUT2D eigenvalue weighted by Crippen LogP contribution is 2.59. The van der Waals surface area contributed by atoms with Gasteiger partial charge in [-0.3, -0.25) is 14.4 Å². The van der Waals surface area contributed by atoms with Crippen molar-refractivity contribution < 1.29 is 37.8 Å². The molecule has 7 rings (SSSR count). The van der Waals surface area contributed by atoms with Crippen LogP contribution in [0.2, 0.25) is 0 Å². The number of amides is 1. The third-order valence-corrected chi connectivity index (χ3v) is 9.42. The number of nitrogens with zero attached hydrogens (tertiary/aromatic N) is 2. The fraction of sp³-hybridized carbons (Fsp3) is 0.417. The number of carbonyl (C=O) groups is 3. The number of carbonyl (C=O) groups excluding carboxylic acids is 3.